The van der Waals surface area contributed by atoms with E-state index in [4.69, 9.17) is 0 Å². The molecular formula is C27H34N4O2S. The summed E-state index contributed by atoms with van der Waals surface area (Å²) in [5.41, 5.74) is 4.89. The van der Waals surface area contributed by atoms with Crippen molar-refractivity contribution in [2.45, 2.75) is 53.1 Å². The van der Waals surface area contributed by atoms with Crippen LogP contribution < -0.4 is 10.6 Å². The molecule has 0 aliphatic heterocycles. The zero-order valence-electron chi connectivity index (χ0n) is 20.4. The van der Waals surface area contributed by atoms with Gasteiger partial charge in [0, 0.05) is 36.0 Å². The Balaban J connectivity index is 1.55. The molecule has 6 nitrogen and oxygen atoms in total. The average Bonchev–Trinajstić information content (AvgIpc) is 3.30. The number of benzene rings is 2. The molecule has 34 heavy (non-hydrogen) atoms. The second-order valence-corrected chi connectivity index (χ2v) is 9.35. The summed E-state index contributed by atoms with van der Waals surface area (Å²) in [7, 11) is 0. The predicted octanol–water partition coefficient (Wildman–Crippen LogP) is 5.36. The Labute approximate surface area is 206 Å². The van der Waals surface area contributed by atoms with Gasteiger partial charge in [0.25, 0.3) is 5.91 Å². The van der Waals surface area contributed by atoms with E-state index in [0.29, 0.717) is 10.7 Å². The second kappa shape index (κ2) is 12.4. The van der Waals surface area contributed by atoms with E-state index < -0.39 is 0 Å². The number of nitrogens with zero attached hydrogens (tertiary/aromatic N) is 2. The lowest BCUT2D eigenvalue weighted by Gasteiger charge is -2.17. The van der Waals surface area contributed by atoms with Crippen molar-refractivity contribution in [1.82, 2.24) is 15.2 Å². The van der Waals surface area contributed by atoms with E-state index >= 15 is 0 Å². The molecule has 0 saturated heterocycles. The van der Waals surface area contributed by atoms with Gasteiger partial charge in [-0.2, -0.15) is 0 Å². The fourth-order valence-electron chi connectivity index (χ4n) is 3.74. The number of aromatic nitrogens is 1. The lowest BCUT2D eigenvalue weighted by atomic mass is 10.0. The third-order valence-corrected chi connectivity index (χ3v) is 6.56. The Bertz CT molecular complexity index is 1070. The van der Waals surface area contributed by atoms with Gasteiger partial charge in [0.05, 0.1) is 5.69 Å². The van der Waals surface area contributed by atoms with Crippen molar-refractivity contribution in [2.24, 2.45) is 0 Å². The summed E-state index contributed by atoms with van der Waals surface area (Å²) in [4.78, 5) is 30.7. The summed E-state index contributed by atoms with van der Waals surface area (Å²) in [5.74, 6) is -0.152. The van der Waals surface area contributed by atoms with Gasteiger partial charge in [0.2, 0.25) is 5.91 Å². The number of carbonyl (C=O) groups is 2. The number of nitrogens with one attached hydrogen (secondary N) is 2. The second-order valence-electron chi connectivity index (χ2n) is 8.49. The highest BCUT2D eigenvalue weighted by molar-refractivity contribution is 7.14. The number of carbonyl (C=O) groups excluding carboxylic acids is 2. The van der Waals surface area contributed by atoms with Crippen LogP contribution >= 0.6 is 11.3 Å². The summed E-state index contributed by atoms with van der Waals surface area (Å²) in [6.45, 7) is 10.8. The highest BCUT2D eigenvalue weighted by atomic mass is 32.1. The van der Waals surface area contributed by atoms with Crippen LogP contribution in [0.15, 0.2) is 53.9 Å². The van der Waals surface area contributed by atoms with E-state index in [1.165, 1.54) is 22.5 Å². The minimum absolute atomic E-state index is 0.00146. The lowest BCUT2D eigenvalue weighted by Crippen LogP contribution is -2.30. The van der Waals surface area contributed by atoms with E-state index in [9.17, 15) is 9.59 Å². The monoisotopic (exact) mass is 478 g/mol. The third kappa shape index (κ3) is 7.50. The van der Waals surface area contributed by atoms with Gasteiger partial charge < -0.3 is 5.32 Å². The summed E-state index contributed by atoms with van der Waals surface area (Å²) < 4.78 is 0. The highest BCUT2D eigenvalue weighted by Gasteiger charge is 2.11. The van der Waals surface area contributed by atoms with Crippen molar-refractivity contribution in [3.05, 3.63) is 70.6 Å². The molecule has 2 N–H and O–H groups in total. The molecule has 7 heteroatoms. The largest absolute Gasteiger partial charge is 0.354 e. The van der Waals surface area contributed by atoms with Crippen LogP contribution in [0.3, 0.4) is 0 Å². The highest BCUT2D eigenvalue weighted by Crippen LogP contribution is 2.26. The minimum atomic E-state index is -0.154. The van der Waals surface area contributed by atoms with Gasteiger partial charge in [-0.05, 0) is 56.1 Å². The van der Waals surface area contributed by atoms with Gasteiger partial charge in [-0.3, -0.25) is 19.8 Å². The van der Waals surface area contributed by atoms with Crippen LogP contribution in [-0.4, -0.2) is 40.8 Å². The molecule has 0 aliphatic rings. The van der Waals surface area contributed by atoms with Crippen LogP contribution in [0.1, 0.15) is 55.6 Å². The SMILES string of the molecule is CCN(CC)Cc1ccc(C(=O)Nc2nc(-c3ccc(CCC(C)NC(C)=O)cc3)cs2)cc1. The first-order chi connectivity index (χ1) is 16.4. The molecule has 1 heterocycles. The summed E-state index contributed by atoms with van der Waals surface area (Å²) in [6.07, 6.45) is 1.79. The maximum absolute atomic E-state index is 12.7. The summed E-state index contributed by atoms with van der Waals surface area (Å²) >= 11 is 1.42. The zero-order valence-corrected chi connectivity index (χ0v) is 21.2. The number of amides is 2. The standard InChI is InChI=1S/C27H34N4O2S/c1-5-31(6-2)17-22-11-15-24(16-12-22)26(33)30-27-29-25(18-34-27)23-13-9-21(10-14-23)8-7-19(3)28-20(4)32/h9-16,18-19H,5-8,17H2,1-4H3,(H,28,32)(H,29,30,33). The Kier molecular flexibility index (Phi) is 9.36. The lowest BCUT2D eigenvalue weighted by molar-refractivity contribution is -0.119. The first-order valence-corrected chi connectivity index (χ1v) is 12.7. The van der Waals surface area contributed by atoms with Gasteiger partial charge in [-0.1, -0.05) is 50.2 Å². The molecule has 0 fully saturated rings. The average molecular weight is 479 g/mol. The molecule has 0 bridgehead atoms. The van der Waals surface area contributed by atoms with Crippen molar-refractivity contribution < 1.29 is 9.59 Å². The molecule has 0 saturated carbocycles. The number of rotatable bonds is 11. The molecule has 1 aromatic heterocycles. The van der Waals surface area contributed by atoms with Gasteiger partial charge in [0.15, 0.2) is 5.13 Å². The fraction of sp³-hybridized carbons (Fsp3) is 0.370. The molecule has 3 rings (SSSR count). The van der Waals surface area contributed by atoms with Crippen LogP contribution in [-0.2, 0) is 17.8 Å². The minimum Gasteiger partial charge on any atom is -0.354 e. The number of anilines is 1. The van der Waals surface area contributed by atoms with Crippen molar-refractivity contribution in [3.8, 4) is 11.3 Å². The molecule has 0 spiro atoms. The normalized spacial score (nSPS) is 11.9. The van der Waals surface area contributed by atoms with Crippen LogP contribution in [0, 0.1) is 0 Å². The molecule has 1 atom stereocenters. The van der Waals surface area contributed by atoms with Gasteiger partial charge in [-0.25, -0.2) is 4.98 Å². The Morgan fingerprint density at radius 1 is 1.00 bits per heavy atom. The smallest absolute Gasteiger partial charge is 0.257 e. The van der Waals surface area contributed by atoms with E-state index in [1.54, 1.807) is 6.92 Å². The van der Waals surface area contributed by atoms with Gasteiger partial charge >= 0.3 is 0 Å². The molecule has 1 unspecified atom stereocenters. The molecule has 3 aromatic rings. The number of thiazole rings is 1. The Morgan fingerprint density at radius 2 is 1.65 bits per heavy atom. The molecule has 2 amide bonds. The van der Waals surface area contributed by atoms with E-state index in [1.807, 2.05) is 48.7 Å². The van der Waals surface area contributed by atoms with Crippen molar-refractivity contribution in [1.29, 1.82) is 0 Å². The van der Waals surface area contributed by atoms with Gasteiger partial charge in [-0.15, -0.1) is 11.3 Å². The first-order valence-electron chi connectivity index (χ1n) is 11.8. The third-order valence-electron chi connectivity index (χ3n) is 5.81. The molecule has 0 aliphatic carbocycles. The van der Waals surface area contributed by atoms with Crippen molar-refractivity contribution >= 4 is 28.3 Å². The van der Waals surface area contributed by atoms with Crippen LogP contribution in [0.2, 0.25) is 0 Å². The van der Waals surface area contributed by atoms with Gasteiger partial charge in [0.1, 0.15) is 0 Å². The van der Waals surface area contributed by atoms with Crippen LogP contribution in [0.4, 0.5) is 5.13 Å². The summed E-state index contributed by atoms with van der Waals surface area (Å²) in [6, 6.07) is 16.2. The van der Waals surface area contributed by atoms with E-state index in [-0.39, 0.29) is 17.9 Å². The molecular weight excluding hydrogens is 444 g/mol. The first kappa shape index (κ1) is 25.6. The zero-order chi connectivity index (χ0) is 24.5. The Morgan fingerprint density at radius 3 is 2.26 bits per heavy atom. The van der Waals surface area contributed by atoms with Crippen molar-refractivity contribution in [3.63, 3.8) is 0 Å². The molecule has 0 radical (unpaired) electrons. The predicted molar refractivity (Wildman–Crippen MR) is 140 cm³/mol. The number of aryl methyl sites for hydroxylation is 1. The number of hydrogen-bond donors (Lipinski definition) is 2. The Hall–Kier alpha value is -3.03. The van der Waals surface area contributed by atoms with E-state index in [0.717, 1.165) is 43.7 Å². The molecule has 2 aromatic carbocycles. The topological polar surface area (TPSA) is 74.3 Å². The quantitative estimate of drug-likeness (QED) is 0.389. The summed E-state index contributed by atoms with van der Waals surface area (Å²) in [5, 5.41) is 8.36. The van der Waals surface area contributed by atoms with E-state index in [2.05, 4.69) is 46.5 Å². The maximum atomic E-state index is 12.7. The van der Waals surface area contributed by atoms with Crippen molar-refractivity contribution in [2.75, 3.05) is 18.4 Å². The number of hydrogen-bond acceptors (Lipinski definition) is 5. The van der Waals surface area contributed by atoms with Crippen LogP contribution in [0.25, 0.3) is 11.3 Å². The van der Waals surface area contributed by atoms with Crippen LogP contribution in [0.5, 0.6) is 0 Å². The maximum Gasteiger partial charge on any atom is 0.257 e. The fourth-order valence-corrected chi connectivity index (χ4v) is 4.46. The molecule has 180 valence electrons.